The molecule has 0 saturated heterocycles. The van der Waals surface area contributed by atoms with Crippen LogP contribution in [0.15, 0.2) is 76.7 Å². The highest BCUT2D eigenvalue weighted by Gasteiger charge is 2.27. The molecule has 10 heteroatoms. The van der Waals surface area contributed by atoms with Crippen molar-refractivity contribution in [1.82, 2.24) is 5.43 Å². The highest BCUT2D eigenvalue weighted by atomic mass is 32.2. The number of rotatable bonds is 7. The molecule has 1 heterocycles. The third-order valence-electron chi connectivity index (χ3n) is 5.32. The number of ether oxygens (including phenoxy) is 2. The lowest BCUT2D eigenvalue weighted by Gasteiger charge is -2.23. The zero-order chi connectivity index (χ0) is 25.0. The summed E-state index contributed by atoms with van der Waals surface area (Å²) in [4.78, 5) is 12.8. The lowest BCUT2D eigenvalue weighted by atomic mass is 10.1. The van der Waals surface area contributed by atoms with Gasteiger partial charge < -0.3 is 9.47 Å². The Bertz CT molecular complexity index is 1360. The van der Waals surface area contributed by atoms with Crippen molar-refractivity contribution in [3.8, 4) is 11.5 Å². The van der Waals surface area contributed by atoms with Gasteiger partial charge in [0.05, 0.1) is 16.3 Å². The molecule has 4 rings (SSSR count). The van der Waals surface area contributed by atoms with E-state index in [0.29, 0.717) is 36.0 Å². The number of hydrogen-bond acceptors (Lipinski definition) is 6. The Labute approximate surface area is 203 Å². The largest absolute Gasteiger partial charge is 0.486 e. The molecular weight excluding hydrogens is 473 g/mol. The Kier molecular flexibility index (Phi) is 7.02. The summed E-state index contributed by atoms with van der Waals surface area (Å²) in [6.07, 6.45) is 0. The summed E-state index contributed by atoms with van der Waals surface area (Å²) in [5.41, 5.74) is 4.63. The van der Waals surface area contributed by atoms with Gasteiger partial charge in [0.25, 0.3) is 15.9 Å². The first-order valence-electron chi connectivity index (χ1n) is 10.8. The fourth-order valence-electron chi connectivity index (χ4n) is 3.40. The molecule has 35 heavy (non-hydrogen) atoms. The molecule has 1 amide bonds. The molecule has 0 aromatic heterocycles. The summed E-state index contributed by atoms with van der Waals surface area (Å²) < 4.78 is 52.2. The van der Waals surface area contributed by atoms with Gasteiger partial charge in [-0.05, 0) is 68.4 Å². The highest BCUT2D eigenvalue weighted by Crippen LogP contribution is 2.31. The number of sulfonamides is 1. The van der Waals surface area contributed by atoms with Crippen molar-refractivity contribution in [1.29, 1.82) is 0 Å². The minimum absolute atomic E-state index is 0.0104. The van der Waals surface area contributed by atoms with Crippen molar-refractivity contribution in [3.05, 3.63) is 83.7 Å². The maximum atomic E-state index is 13.5. The van der Waals surface area contributed by atoms with E-state index in [1.54, 1.807) is 37.3 Å². The van der Waals surface area contributed by atoms with Crippen molar-refractivity contribution in [2.45, 2.75) is 18.7 Å². The molecule has 0 atom stereocenters. The van der Waals surface area contributed by atoms with E-state index in [1.165, 1.54) is 24.3 Å². The summed E-state index contributed by atoms with van der Waals surface area (Å²) >= 11 is 0. The van der Waals surface area contributed by atoms with Gasteiger partial charge in [-0.3, -0.25) is 9.10 Å². The summed E-state index contributed by atoms with van der Waals surface area (Å²) in [6, 6.07) is 16.4. The van der Waals surface area contributed by atoms with E-state index in [1.807, 2.05) is 6.92 Å². The molecule has 1 N–H and O–H groups in total. The first-order chi connectivity index (χ1) is 16.7. The summed E-state index contributed by atoms with van der Waals surface area (Å²) in [5, 5.41) is 4.11. The van der Waals surface area contributed by atoms with Crippen molar-refractivity contribution in [2.24, 2.45) is 5.10 Å². The standard InChI is InChI=1S/C25H24FN3O5S/c1-17-3-10-22(11-4-17)35(31,32)29(21-8-6-20(26)7-9-21)16-25(30)28-27-18(2)19-5-12-23-24(15-19)34-14-13-33-23/h3-12,15H,13-14,16H2,1-2H3,(H,28,30)/b27-18-. The Hall–Kier alpha value is -3.92. The molecule has 8 nitrogen and oxygen atoms in total. The van der Waals surface area contributed by atoms with Crippen LogP contribution in [0.1, 0.15) is 18.1 Å². The molecule has 1 aliphatic rings. The van der Waals surface area contributed by atoms with E-state index in [2.05, 4.69) is 10.5 Å². The third-order valence-corrected chi connectivity index (χ3v) is 7.11. The van der Waals surface area contributed by atoms with E-state index in [-0.39, 0.29) is 10.6 Å². The lowest BCUT2D eigenvalue weighted by molar-refractivity contribution is -0.119. The number of hydrazone groups is 1. The molecular formula is C25H24FN3O5S. The SMILES string of the molecule is C/C(=N/NC(=O)CN(c1ccc(F)cc1)S(=O)(=O)c1ccc(C)cc1)c1ccc2c(c1)OCCO2. The van der Waals surface area contributed by atoms with Gasteiger partial charge in [-0.25, -0.2) is 18.2 Å². The number of amides is 1. The molecule has 0 unspecified atom stereocenters. The van der Waals surface area contributed by atoms with Crippen molar-refractivity contribution in [3.63, 3.8) is 0 Å². The second kappa shape index (κ2) is 10.1. The number of halogens is 1. The Morgan fingerprint density at radius 1 is 1.00 bits per heavy atom. The summed E-state index contributed by atoms with van der Waals surface area (Å²) in [5.74, 6) is 0.0295. The summed E-state index contributed by atoms with van der Waals surface area (Å²) in [7, 11) is -4.11. The van der Waals surface area contributed by atoms with Gasteiger partial charge in [0.1, 0.15) is 25.6 Å². The number of carbonyl (C=O) groups excluding carboxylic acids is 1. The molecule has 0 saturated carbocycles. The molecule has 3 aromatic carbocycles. The molecule has 0 fully saturated rings. The van der Waals surface area contributed by atoms with Crippen LogP contribution in [0, 0.1) is 12.7 Å². The predicted molar refractivity (Wildman–Crippen MR) is 130 cm³/mol. The lowest BCUT2D eigenvalue weighted by Crippen LogP contribution is -2.39. The van der Waals surface area contributed by atoms with Crippen molar-refractivity contribution >= 4 is 27.3 Å². The third kappa shape index (κ3) is 5.60. The number of benzene rings is 3. The maximum Gasteiger partial charge on any atom is 0.264 e. The number of hydrogen-bond donors (Lipinski definition) is 1. The second-order valence-electron chi connectivity index (χ2n) is 7.89. The number of anilines is 1. The molecule has 3 aromatic rings. The topological polar surface area (TPSA) is 97.3 Å². The van der Waals surface area contributed by atoms with Crippen molar-refractivity contribution in [2.75, 3.05) is 24.1 Å². The van der Waals surface area contributed by atoms with Crippen LogP contribution in [-0.2, 0) is 14.8 Å². The van der Waals surface area contributed by atoms with E-state index in [0.717, 1.165) is 22.0 Å². The van der Waals surface area contributed by atoms with Crippen LogP contribution in [0.25, 0.3) is 0 Å². The fraction of sp³-hybridized carbons (Fsp3) is 0.200. The van der Waals surface area contributed by atoms with Gasteiger partial charge in [-0.2, -0.15) is 5.10 Å². The highest BCUT2D eigenvalue weighted by molar-refractivity contribution is 7.92. The van der Waals surface area contributed by atoms with Crippen LogP contribution >= 0.6 is 0 Å². The number of fused-ring (bicyclic) bond motifs is 1. The van der Waals surface area contributed by atoms with E-state index in [9.17, 15) is 17.6 Å². The number of carbonyl (C=O) groups is 1. The zero-order valence-electron chi connectivity index (χ0n) is 19.2. The maximum absolute atomic E-state index is 13.5. The average Bonchev–Trinajstić information content (AvgIpc) is 2.86. The normalized spacial score (nSPS) is 13.3. The minimum atomic E-state index is -4.11. The minimum Gasteiger partial charge on any atom is -0.486 e. The van der Waals surface area contributed by atoms with Crippen molar-refractivity contribution < 1.29 is 27.1 Å². The average molecular weight is 498 g/mol. The van der Waals surface area contributed by atoms with E-state index < -0.39 is 28.3 Å². The van der Waals surface area contributed by atoms with Crippen LogP contribution in [0.2, 0.25) is 0 Å². The van der Waals surface area contributed by atoms with Crippen LogP contribution in [0.5, 0.6) is 11.5 Å². The van der Waals surface area contributed by atoms with Gasteiger partial charge in [-0.1, -0.05) is 17.7 Å². The van der Waals surface area contributed by atoms with Gasteiger partial charge in [0, 0.05) is 5.56 Å². The van der Waals surface area contributed by atoms with Gasteiger partial charge in [0.2, 0.25) is 0 Å². The predicted octanol–water partition coefficient (Wildman–Crippen LogP) is 3.64. The van der Waals surface area contributed by atoms with E-state index in [4.69, 9.17) is 9.47 Å². The number of nitrogens with one attached hydrogen (secondary N) is 1. The fourth-order valence-corrected chi connectivity index (χ4v) is 4.83. The zero-order valence-corrected chi connectivity index (χ0v) is 20.0. The number of nitrogens with zero attached hydrogens (tertiary/aromatic N) is 2. The molecule has 0 radical (unpaired) electrons. The van der Waals surface area contributed by atoms with E-state index >= 15 is 0 Å². The second-order valence-corrected chi connectivity index (χ2v) is 9.75. The van der Waals surface area contributed by atoms with Crippen LogP contribution in [-0.4, -0.2) is 39.8 Å². The molecule has 0 aliphatic carbocycles. The first-order valence-corrected chi connectivity index (χ1v) is 12.3. The van der Waals surface area contributed by atoms with Crippen LogP contribution in [0.4, 0.5) is 10.1 Å². The van der Waals surface area contributed by atoms with Gasteiger partial charge in [-0.15, -0.1) is 0 Å². The van der Waals surface area contributed by atoms with Crippen LogP contribution < -0.4 is 19.2 Å². The Morgan fingerprint density at radius 2 is 1.66 bits per heavy atom. The Balaban J connectivity index is 1.55. The van der Waals surface area contributed by atoms with Gasteiger partial charge in [0.15, 0.2) is 11.5 Å². The van der Waals surface area contributed by atoms with Gasteiger partial charge >= 0.3 is 0 Å². The number of aryl methyl sites for hydroxylation is 1. The van der Waals surface area contributed by atoms with Crippen LogP contribution in [0.3, 0.4) is 0 Å². The molecule has 1 aliphatic heterocycles. The quantitative estimate of drug-likeness (QED) is 0.397. The molecule has 182 valence electrons. The Morgan fingerprint density at radius 3 is 2.34 bits per heavy atom. The molecule has 0 spiro atoms. The summed E-state index contributed by atoms with van der Waals surface area (Å²) in [6.45, 7) is 3.90. The molecule has 0 bridgehead atoms. The smallest absolute Gasteiger partial charge is 0.264 e. The monoisotopic (exact) mass is 497 g/mol. The first kappa shape index (κ1) is 24.2.